The van der Waals surface area contributed by atoms with Crippen LogP contribution in [0.2, 0.25) is 0 Å². The van der Waals surface area contributed by atoms with E-state index in [9.17, 15) is 5.26 Å². The highest BCUT2D eigenvalue weighted by Crippen LogP contribution is 2.38. The third-order valence-corrected chi connectivity index (χ3v) is 3.80. The summed E-state index contributed by atoms with van der Waals surface area (Å²) in [6.07, 6.45) is 7.31. The van der Waals surface area contributed by atoms with Gasteiger partial charge in [-0.15, -0.1) is 0 Å². The summed E-state index contributed by atoms with van der Waals surface area (Å²) in [5.74, 6) is 0. The molecule has 1 aromatic heterocycles. The maximum atomic E-state index is 9.39. The molecule has 0 radical (unpaired) electrons. The highest BCUT2D eigenvalue weighted by molar-refractivity contribution is 14.1. The van der Waals surface area contributed by atoms with Crippen LogP contribution < -0.4 is 0 Å². The van der Waals surface area contributed by atoms with Gasteiger partial charge in [-0.3, -0.25) is 4.98 Å². The van der Waals surface area contributed by atoms with Crippen LogP contribution in [0.15, 0.2) is 18.3 Å². The molecular weight excluding hydrogens is 299 g/mol. The van der Waals surface area contributed by atoms with E-state index < -0.39 is 0 Å². The Balaban J connectivity index is 2.37. The average Bonchev–Trinajstić information content (AvgIpc) is 2.30. The molecule has 2 nitrogen and oxygen atoms in total. The van der Waals surface area contributed by atoms with Crippen LogP contribution in [-0.4, -0.2) is 4.98 Å². The van der Waals surface area contributed by atoms with Crippen molar-refractivity contribution in [2.24, 2.45) is 0 Å². The fraction of sp³-hybridized carbons (Fsp3) is 0.500. The Morgan fingerprint density at radius 1 is 1.33 bits per heavy atom. The molecule has 1 aromatic rings. The Hall–Kier alpha value is -0.630. The summed E-state index contributed by atoms with van der Waals surface area (Å²) >= 11 is 2.28. The van der Waals surface area contributed by atoms with Gasteiger partial charge in [-0.05, 0) is 47.6 Å². The SMILES string of the molecule is N#CC1(c2cc(I)ccn2)CCCCC1. The fourth-order valence-corrected chi connectivity index (χ4v) is 2.70. The second kappa shape index (κ2) is 4.48. The van der Waals surface area contributed by atoms with Gasteiger partial charge in [0.05, 0.1) is 17.2 Å². The first-order chi connectivity index (χ1) is 7.27. The molecule has 15 heavy (non-hydrogen) atoms. The molecule has 0 spiro atoms. The monoisotopic (exact) mass is 312 g/mol. The summed E-state index contributed by atoms with van der Waals surface area (Å²) in [4.78, 5) is 4.38. The number of nitriles is 1. The van der Waals surface area contributed by atoms with E-state index in [1.807, 2.05) is 12.3 Å². The van der Waals surface area contributed by atoms with Gasteiger partial charge in [0.15, 0.2) is 0 Å². The van der Waals surface area contributed by atoms with Crippen molar-refractivity contribution in [1.29, 1.82) is 5.26 Å². The van der Waals surface area contributed by atoms with Crippen molar-refractivity contribution in [2.45, 2.75) is 37.5 Å². The molecule has 0 bridgehead atoms. The predicted molar refractivity (Wildman–Crippen MR) is 67.3 cm³/mol. The summed E-state index contributed by atoms with van der Waals surface area (Å²) in [6.45, 7) is 0. The maximum Gasteiger partial charge on any atom is 0.0993 e. The molecule has 0 amide bonds. The molecule has 0 unspecified atom stereocenters. The van der Waals surface area contributed by atoms with Crippen LogP contribution in [0, 0.1) is 14.9 Å². The quantitative estimate of drug-likeness (QED) is 0.745. The predicted octanol–water partition coefficient (Wildman–Crippen LogP) is 3.41. The Morgan fingerprint density at radius 2 is 2.07 bits per heavy atom. The lowest BCUT2D eigenvalue weighted by atomic mass is 9.73. The molecule has 0 atom stereocenters. The largest absolute Gasteiger partial charge is 0.260 e. The normalized spacial score (nSPS) is 19.5. The molecule has 1 heterocycles. The molecule has 0 N–H and O–H groups in total. The number of hydrogen-bond donors (Lipinski definition) is 0. The molecule has 0 saturated heterocycles. The molecule has 1 fully saturated rings. The van der Waals surface area contributed by atoms with Crippen LogP contribution in [0.1, 0.15) is 37.8 Å². The van der Waals surface area contributed by atoms with Gasteiger partial charge in [-0.25, -0.2) is 0 Å². The van der Waals surface area contributed by atoms with E-state index in [1.54, 1.807) is 0 Å². The third-order valence-electron chi connectivity index (χ3n) is 3.13. The highest BCUT2D eigenvalue weighted by Gasteiger charge is 2.35. The highest BCUT2D eigenvalue weighted by atomic mass is 127. The van der Waals surface area contributed by atoms with Crippen molar-refractivity contribution in [3.63, 3.8) is 0 Å². The first-order valence-electron chi connectivity index (χ1n) is 5.30. The zero-order chi connectivity index (χ0) is 10.7. The van der Waals surface area contributed by atoms with Crippen molar-refractivity contribution in [1.82, 2.24) is 4.98 Å². The van der Waals surface area contributed by atoms with Crippen LogP contribution in [0.3, 0.4) is 0 Å². The van der Waals surface area contributed by atoms with Gasteiger partial charge in [0.25, 0.3) is 0 Å². The number of aromatic nitrogens is 1. The van der Waals surface area contributed by atoms with E-state index in [0.29, 0.717) is 0 Å². The Kier molecular flexibility index (Phi) is 3.25. The van der Waals surface area contributed by atoms with Crippen molar-refractivity contribution in [3.05, 3.63) is 27.6 Å². The van der Waals surface area contributed by atoms with Crippen LogP contribution in [0.4, 0.5) is 0 Å². The molecule has 78 valence electrons. The molecular formula is C12H13IN2. The minimum Gasteiger partial charge on any atom is -0.260 e. The maximum absolute atomic E-state index is 9.39. The van der Waals surface area contributed by atoms with Crippen LogP contribution in [0.25, 0.3) is 0 Å². The first-order valence-corrected chi connectivity index (χ1v) is 6.38. The third kappa shape index (κ3) is 2.15. The molecule has 1 aliphatic carbocycles. The van der Waals surface area contributed by atoms with Gasteiger partial charge in [-0.1, -0.05) is 19.3 Å². The van der Waals surface area contributed by atoms with Crippen molar-refractivity contribution in [3.8, 4) is 6.07 Å². The van der Waals surface area contributed by atoms with Gasteiger partial charge in [0, 0.05) is 9.77 Å². The van der Waals surface area contributed by atoms with E-state index in [2.05, 4.69) is 39.7 Å². The average molecular weight is 312 g/mol. The summed E-state index contributed by atoms with van der Waals surface area (Å²) < 4.78 is 1.16. The lowest BCUT2D eigenvalue weighted by Gasteiger charge is -2.29. The molecule has 0 aliphatic heterocycles. The van der Waals surface area contributed by atoms with Crippen molar-refractivity contribution < 1.29 is 0 Å². The van der Waals surface area contributed by atoms with Crippen LogP contribution in [-0.2, 0) is 5.41 Å². The van der Waals surface area contributed by atoms with Gasteiger partial charge in [-0.2, -0.15) is 5.26 Å². The summed E-state index contributed by atoms with van der Waals surface area (Å²) in [7, 11) is 0. The smallest absolute Gasteiger partial charge is 0.0993 e. The molecule has 3 heteroatoms. The van der Waals surface area contributed by atoms with Gasteiger partial charge >= 0.3 is 0 Å². The van der Waals surface area contributed by atoms with Crippen LogP contribution in [0.5, 0.6) is 0 Å². The minimum absolute atomic E-state index is 0.306. The van der Waals surface area contributed by atoms with E-state index in [4.69, 9.17) is 0 Å². The Morgan fingerprint density at radius 3 is 2.67 bits per heavy atom. The van der Waals surface area contributed by atoms with Gasteiger partial charge in [0.2, 0.25) is 0 Å². The topological polar surface area (TPSA) is 36.7 Å². The van der Waals surface area contributed by atoms with Crippen molar-refractivity contribution in [2.75, 3.05) is 0 Å². The number of hydrogen-bond acceptors (Lipinski definition) is 2. The standard InChI is InChI=1S/C12H13IN2/c13-10-4-7-15-11(8-10)12(9-14)5-2-1-3-6-12/h4,7-8H,1-3,5-6H2. The first kappa shape index (κ1) is 10.9. The summed E-state index contributed by atoms with van der Waals surface area (Å²) in [5, 5.41) is 9.39. The lowest BCUT2D eigenvalue weighted by molar-refractivity contribution is 0.358. The number of halogens is 1. The minimum atomic E-state index is -0.306. The number of nitrogens with zero attached hydrogens (tertiary/aromatic N) is 2. The second-order valence-electron chi connectivity index (χ2n) is 4.11. The van der Waals surface area contributed by atoms with Gasteiger partial charge in [0.1, 0.15) is 0 Å². The molecule has 2 rings (SSSR count). The van der Waals surface area contributed by atoms with Gasteiger partial charge < -0.3 is 0 Å². The molecule has 1 aliphatic rings. The van der Waals surface area contributed by atoms with E-state index in [1.165, 1.54) is 6.42 Å². The molecule has 1 saturated carbocycles. The van der Waals surface area contributed by atoms with Crippen LogP contribution >= 0.6 is 22.6 Å². The van der Waals surface area contributed by atoms with E-state index in [0.717, 1.165) is 34.9 Å². The summed E-state index contributed by atoms with van der Waals surface area (Å²) in [6, 6.07) is 6.52. The number of rotatable bonds is 1. The zero-order valence-corrected chi connectivity index (χ0v) is 10.7. The fourth-order valence-electron chi connectivity index (χ4n) is 2.25. The van der Waals surface area contributed by atoms with Crippen molar-refractivity contribution >= 4 is 22.6 Å². The van der Waals surface area contributed by atoms with E-state index >= 15 is 0 Å². The zero-order valence-electron chi connectivity index (χ0n) is 8.54. The lowest BCUT2D eigenvalue weighted by Crippen LogP contribution is -2.28. The Bertz CT molecular complexity index is 389. The molecule has 0 aromatic carbocycles. The second-order valence-corrected chi connectivity index (χ2v) is 5.36. The number of pyridine rings is 1. The van der Waals surface area contributed by atoms with E-state index in [-0.39, 0.29) is 5.41 Å². The summed E-state index contributed by atoms with van der Waals surface area (Å²) in [5.41, 5.74) is 0.663. The Labute approximate surface area is 104 Å².